The van der Waals surface area contributed by atoms with Crippen molar-refractivity contribution in [1.82, 2.24) is 9.55 Å². The monoisotopic (exact) mass is 405 g/mol. The van der Waals surface area contributed by atoms with Crippen LogP contribution in [-0.2, 0) is 13.0 Å². The number of rotatable bonds is 8. The molecule has 0 saturated heterocycles. The van der Waals surface area contributed by atoms with Crippen molar-refractivity contribution in [3.05, 3.63) is 65.2 Å². The van der Waals surface area contributed by atoms with Crippen molar-refractivity contribution in [2.45, 2.75) is 46.1 Å². The molecule has 156 valence electrons. The van der Waals surface area contributed by atoms with Gasteiger partial charge in [-0.25, -0.2) is 0 Å². The molecule has 0 atom stereocenters. The summed E-state index contributed by atoms with van der Waals surface area (Å²) < 4.78 is 13.2. The first-order valence-electron chi connectivity index (χ1n) is 10.4. The molecule has 4 rings (SSSR count). The minimum absolute atomic E-state index is 0.251. The highest BCUT2D eigenvalue weighted by molar-refractivity contribution is 6.02. The molecule has 1 aromatic carbocycles. The molecule has 3 heterocycles. The van der Waals surface area contributed by atoms with E-state index in [1.807, 2.05) is 37.3 Å². The molecule has 0 fully saturated rings. The Balaban J connectivity index is 1.83. The van der Waals surface area contributed by atoms with Gasteiger partial charge in [-0.3, -0.25) is 9.78 Å². The molecule has 0 bridgehead atoms. The number of nitrogens with two attached hydrogens (primary N) is 1. The van der Waals surface area contributed by atoms with Gasteiger partial charge in [0.05, 0.1) is 5.56 Å². The van der Waals surface area contributed by atoms with Crippen molar-refractivity contribution < 1.29 is 14.3 Å². The number of carbonyl (C=O) groups excluding carboxylic acids is 1. The van der Waals surface area contributed by atoms with Crippen LogP contribution in [0.5, 0.6) is 11.5 Å². The molecule has 1 aliphatic rings. The quantitative estimate of drug-likeness (QED) is 0.561. The number of nitrogens with zero attached hydrogens (tertiary/aromatic N) is 2. The number of hydrogen-bond acceptors (Lipinski definition) is 4. The van der Waals surface area contributed by atoms with Crippen LogP contribution in [0.1, 0.15) is 53.5 Å². The van der Waals surface area contributed by atoms with Crippen LogP contribution in [0, 0.1) is 6.92 Å². The molecule has 1 amide bonds. The van der Waals surface area contributed by atoms with Crippen LogP contribution in [0.3, 0.4) is 0 Å². The SMILES string of the molecule is CCCCCc1c(-c2cccnc2)c(C(N)=O)c(C)n1Cc1ccc2c(c1)OCO2. The summed E-state index contributed by atoms with van der Waals surface area (Å²) in [4.78, 5) is 16.7. The number of aromatic nitrogens is 2. The molecular weight excluding hydrogens is 378 g/mol. The van der Waals surface area contributed by atoms with Gasteiger partial charge in [0.2, 0.25) is 6.79 Å². The minimum atomic E-state index is -0.410. The highest BCUT2D eigenvalue weighted by Crippen LogP contribution is 2.36. The number of unbranched alkanes of at least 4 members (excludes halogenated alkanes) is 2. The Morgan fingerprint density at radius 3 is 2.77 bits per heavy atom. The van der Waals surface area contributed by atoms with Crippen LogP contribution in [0.25, 0.3) is 11.1 Å². The van der Waals surface area contributed by atoms with E-state index < -0.39 is 5.91 Å². The van der Waals surface area contributed by atoms with Crippen LogP contribution in [-0.4, -0.2) is 22.3 Å². The summed E-state index contributed by atoms with van der Waals surface area (Å²) in [6, 6.07) is 9.86. The van der Waals surface area contributed by atoms with Gasteiger partial charge in [0.25, 0.3) is 5.91 Å². The van der Waals surface area contributed by atoms with Crippen molar-refractivity contribution in [3.8, 4) is 22.6 Å². The van der Waals surface area contributed by atoms with Crippen molar-refractivity contribution in [1.29, 1.82) is 0 Å². The second-order valence-corrected chi connectivity index (χ2v) is 7.62. The van der Waals surface area contributed by atoms with E-state index in [1.165, 1.54) is 0 Å². The topological polar surface area (TPSA) is 79.4 Å². The van der Waals surface area contributed by atoms with Gasteiger partial charge in [-0.2, -0.15) is 0 Å². The van der Waals surface area contributed by atoms with E-state index in [0.29, 0.717) is 12.1 Å². The van der Waals surface area contributed by atoms with Crippen molar-refractivity contribution in [2.24, 2.45) is 5.73 Å². The van der Waals surface area contributed by atoms with E-state index in [0.717, 1.165) is 65.3 Å². The maximum atomic E-state index is 12.5. The van der Waals surface area contributed by atoms with Gasteiger partial charge in [0, 0.05) is 41.5 Å². The Bertz CT molecular complexity index is 1060. The van der Waals surface area contributed by atoms with E-state index in [4.69, 9.17) is 15.2 Å². The number of pyridine rings is 1. The fraction of sp³-hybridized carbons (Fsp3) is 0.333. The molecule has 0 radical (unpaired) electrons. The first-order chi connectivity index (χ1) is 14.6. The highest BCUT2D eigenvalue weighted by atomic mass is 16.7. The van der Waals surface area contributed by atoms with Gasteiger partial charge < -0.3 is 19.8 Å². The molecule has 30 heavy (non-hydrogen) atoms. The van der Waals surface area contributed by atoms with Crippen LogP contribution < -0.4 is 15.2 Å². The molecule has 3 aromatic rings. The first kappa shape index (κ1) is 20.0. The number of ether oxygens (including phenoxy) is 2. The molecule has 6 heteroatoms. The van der Waals surface area contributed by atoms with Crippen molar-refractivity contribution in [3.63, 3.8) is 0 Å². The summed E-state index contributed by atoms with van der Waals surface area (Å²) in [5, 5.41) is 0. The Morgan fingerprint density at radius 2 is 2.03 bits per heavy atom. The van der Waals surface area contributed by atoms with Gasteiger partial charge in [-0.1, -0.05) is 31.9 Å². The summed E-state index contributed by atoms with van der Waals surface area (Å²) in [6.07, 6.45) is 7.72. The minimum Gasteiger partial charge on any atom is -0.454 e. The van der Waals surface area contributed by atoms with Gasteiger partial charge in [-0.05, 0) is 43.5 Å². The average molecular weight is 405 g/mol. The van der Waals surface area contributed by atoms with E-state index in [1.54, 1.807) is 12.4 Å². The Kier molecular flexibility index (Phi) is 5.74. The Morgan fingerprint density at radius 1 is 1.20 bits per heavy atom. The van der Waals surface area contributed by atoms with Crippen LogP contribution in [0.15, 0.2) is 42.7 Å². The molecule has 0 aliphatic carbocycles. The summed E-state index contributed by atoms with van der Waals surface area (Å²) >= 11 is 0. The maximum absolute atomic E-state index is 12.5. The molecule has 0 saturated carbocycles. The largest absolute Gasteiger partial charge is 0.454 e. The lowest BCUT2D eigenvalue weighted by molar-refractivity contribution is 0.1000. The predicted molar refractivity (Wildman–Crippen MR) is 116 cm³/mol. The molecule has 0 spiro atoms. The van der Waals surface area contributed by atoms with Crippen LogP contribution in [0.2, 0.25) is 0 Å². The smallest absolute Gasteiger partial charge is 0.251 e. The summed E-state index contributed by atoms with van der Waals surface area (Å²) in [6.45, 7) is 5.04. The van der Waals surface area contributed by atoms with Crippen molar-refractivity contribution >= 4 is 5.91 Å². The summed E-state index contributed by atoms with van der Waals surface area (Å²) in [7, 11) is 0. The zero-order chi connectivity index (χ0) is 21.1. The lowest BCUT2D eigenvalue weighted by Crippen LogP contribution is -2.13. The fourth-order valence-corrected chi connectivity index (χ4v) is 4.16. The van der Waals surface area contributed by atoms with E-state index in [-0.39, 0.29) is 6.79 Å². The number of amides is 1. The normalized spacial score (nSPS) is 12.3. The third kappa shape index (κ3) is 3.77. The molecule has 0 unspecified atom stereocenters. The molecule has 6 nitrogen and oxygen atoms in total. The maximum Gasteiger partial charge on any atom is 0.251 e. The molecule has 2 aromatic heterocycles. The lowest BCUT2D eigenvalue weighted by Gasteiger charge is -2.14. The van der Waals surface area contributed by atoms with Crippen LogP contribution >= 0.6 is 0 Å². The average Bonchev–Trinajstić information content (AvgIpc) is 3.32. The molecular formula is C24H27N3O3. The number of carbonyl (C=O) groups is 1. The number of hydrogen-bond donors (Lipinski definition) is 1. The zero-order valence-electron chi connectivity index (χ0n) is 17.5. The highest BCUT2D eigenvalue weighted by Gasteiger charge is 2.25. The van der Waals surface area contributed by atoms with E-state index in [9.17, 15) is 4.79 Å². The summed E-state index contributed by atoms with van der Waals surface area (Å²) in [5.41, 5.74) is 11.3. The number of primary amides is 1. The second-order valence-electron chi connectivity index (χ2n) is 7.62. The third-order valence-electron chi connectivity index (χ3n) is 5.62. The van der Waals surface area contributed by atoms with Gasteiger partial charge in [-0.15, -0.1) is 0 Å². The van der Waals surface area contributed by atoms with E-state index in [2.05, 4.69) is 16.5 Å². The molecule has 1 aliphatic heterocycles. The van der Waals surface area contributed by atoms with Gasteiger partial charge in [0.15, 0.2) is 11.5 Å². The van der Waals surface area contributed by atoms with Crippen molar-refractivity contribution in [2.75, 3.05) is 6.79 Å². The number of fused-ring (bicyclic) bond motifs is 1. The zero-order valence-corrected chi connectivity index (χ0v) is 17.5. The Labute approximate surface area is 176 Å². The lowest BCUT2D eigenvalue weighted by atomic mass is 9.98. The van der Waals surface area contributed by atoms with Crippen LogP contribution in [0.4, 0.5) is 0 Å². The second kappa shape index (κ2) is 8.61. The fourth-order valence-electron chi connectivity index (χ4n) is 4.16. The van der Waals surface area contributed by atoms with Gasteiger partial charge in [0.1, 0.15) is 0 Å². The number of benzene rings is 1. The molecule has 2 N–H and O–H groups in total. The Hall–Kier alpha value is -3.28. The van der Waals surface area contributed by atoms with E-state index >= 15 is 0 Å². The van der Waals surface area contributed by atoms with Gasteiger partial charge >= 0.3 is 0 Å². The standard InChI is InChI=1S/C24H27N3O3/c1-3-4-5-8-19-23(18-7-6-11-26-13-18)22(24(25)28)16(2)27(19)14-17-9-10-20-21(12-17)30-15-29-20/h6-7,9-13H,3-5,8,14-15H2,1-2H3,(H2,25,28). The predicted octanol–water partition coefficient (Wildman–Crippen LogP) is 4.47. The summed E-state index contributed by atoms with van der Waals surface area (Å²) in [5.74, 6) is 1.11. The first-order valence-corrected chi connectivity index (χ1v) is 10.4. The third-order valence-corrected chi connectivity index (χ3v) is 5.62.